The molecule has 2 aliphatic rings. The van der Waals surface area contributed by atoms with Gasteiger partial charge < -0.3 is 18.6 Å². The topological polar surface area (TPSA) is 71.8 Å². The standard InChI is InChI=1S/C16H25BBrN3O4S/c1-11-13(21(14(18)19-11)26(22)20(5)6)12-9-16(4)15(2,3)24-17(25-16)7-8-23-10-12/h7-8,12H,9-10H2,1-6H3/b8-7+. The monoisotopic (exact) mass is 445 g/mol. The van der Waals surface area contributed by atoms with Crippen LogP contribution in [0.25, 0.3) is 0 Å². The number of halogens is 1. The van der Waals surface area contributed by atoms with Gasteiger partial charge in [-0.1, -0.05) is 0 Å². The number of imidazole rings is 1. The van der Waals surface area contributed by atoms with E-state index in [2.05, 4.69) is 27.8 Å². The van der Waals surface area contributed by atoms with Crippen LogP contribution in [-0.4, -0.2) is 56.8 Å². The van der Waals surface area contributed by atoms with Crippen LogP contribution in [0.5, 0.6) is 0 Å². The van der Waals surface area contributed by atoms with Gasteiger partial charge in [0.25, 0.3) is 0 Å². The Morgan fingerprint density at radius 1 is 1.38 bits per heavy atom. The normalized spacial score (nSPS) is 30.5. The molecule has 3 rings (SSSR count). The van der Waals surface area contributed by atoms with Gasteiger partial charge in [0.2, 0.25) is 4.73 Å². The molecule has 0 saturated carbocycles. The molecule has 1 aromatic heterocycles. The number of hydrogen-bond donors (Lipinski definition) is 0. The van der Waals surface area contributed by atoms with E-state index in [4.69, 9.17) is 14.0 Å². The molecule has 0 aliphatic carbocycles. The first-order valence-electron chi connectivity index (χ1n) is 8.54. The lowest BCUT2D eigenvalue weighted by molar-refractivity contribution is -0.0248. The van der Waals surface area contributed by atoms with Crippen molar-refractivity contribution in [2.75, 3.05) is 20.7 Å². The van der Waals surface area contributed by atoms with Crippen molar-refractivity contribution < 1.29 is 18.6 Å². The smallest absolute Gasteiger partial charge is 0.490 e. The summed E-state index contributed by atoms with van der Waals surface area (Å²) in [5, 5.41) is 0. The molecule has 0 amide bonds. The van der Waals surface area contributed by atoms with Crippen LogP contribution in [0.3, 0.4) is 0 Å². The van der Waals surface area contributed by atoms with E-state index in [1.165, 1.54) is 0 Å². The second-order valence-corrected chi connectivity index (χ2v) is 9.86. The Morgan fingerprint density at radius 3 is 2.73 bits per heavy atom. The van der Waals surface area contributed by atoms with Gasteiger partial charge in [0.15, 0.2) is 11.5 Å². The third kappa shape index (κ3) is 3.47. The SMILES string of the molecule is Cc1nc(Br)n([S+]([O-])N(C)C)c1C1CO/C=C/B2OC(C)(C)C(C)(C1)O2. The summed E-state index contributed by atoms with van der Waals surface area (Å²) < 4.78 is 34.7. The molecule has 3 heterocycles. The van der Waals surface area contributed by atoms with Crippen LogP contribution in [0, 0.1) is 6.92 Å². The Hall–Kier alpha value is -0.515. The van der Waals surface area contributed by atoms with E-state index >= 15 is 0 Å². The third-order valence-corrected chi connectivity index (χ3v) is 7.27. The van der Waals surface area contributed by atoms with Crippen molar-refractivity contribution in [3.63, 3.8) is 0 Å². The number of hydrogen-bond acceptors (Lipinski definition) is 6. The minimum absolute atomic E-state index is 0.0629. The first-order chi connectivity index (χ1) is 12.1. The van der Waals surface area contributed by atoms with Gasteiger partial charge in [-0.05, 0) is 56.0 Å². The zero-order valence-corrected chi connectivity index (χ0v) is 18.4. The molecule has 1 saturated heterocycles. The fraction of sp³-hybridized carbons (Fsp3) is 0.688. The molecule has 1 aromatic rings. The summed E-state index contributed by atoms with van der Waals surface area (Å²) in [7, 11) is 3.11. The maximum absolute atomic E-state index is 12.8. The number of ether oxygens (including phenoxy) is 1. The molecule has 144 valence electrons. The highest BCUT2D eigenvalue weighted by Crippen LogP contribution is 2.45. The van der Waals surface area contributed by atoms with Gasteiger partial charge in [-0.2, -0.15) is 0 Å². The van der Waals surface area contributed by atoms with E-state index in [1.54, 1.807) is 34.6 Å². The Bertz CT molecular complexity index is 714. The second-order valence-electron chi connectivity index (χ2n) is 7.60. The molecule has 0 aromatic carbocycles. The van der Waals surface area contributed by atoms with Crippen LogP contribution in [-0.2, 0) is 25.6 Å². The van der Waals surface area contributed by atoms with E-state index in [1.807, 2.05) is 20.8 Å². The van der Waals surface area contributed by atoms with E-state index in [-0.39, 0.29) is 5.92 Å². The van der Waals surface area contributed by atoms with Crippen LogP contribution >= 0.6 is 15.9 Å². The molecule has 3 atom stereocenters. The van der Waals surface area contributed by atoms with Crippen LogP contribution < -0.4 is 0 Å². The van der Waals surface area contributed by atoms with E-state index in [9.17, 15) is 4.55 Å². The third-order valence-electron chi connectivity index (χ3n) is 5.20. The molecule has 10 heteroatoms. The molecule has 0 radical (unpaired) electrons. The molecule has 2 aliphatic heterocycles. The average Bonchev–Trinajstić information content (AvgIpc) is 2.96. The van der Waals surface area contributed by atoms with Gasteiger partial charge in [-0.25, -0.2) is 4.98 Å². The Kier molecular flexibility index (Phi) is 5.56. The fourth-order valence-electron chi connectivity index (χ4n) is 3.47. The first-order valence-corrected chi connectivity index (χ1v) is 10.4. The summed E-state index contributed by atoms with van der Waals surface area (Å²) in [6.07, 6.45) is 2.28. The maximum Gasteiger partial charge on any atom is 0.490 e. The van der Waals surface area contributed by atoms with Gasteiger partial charge in [0, 0.05) is 20.0 Å². The summed E-state index contributed by atoms with van der Waals surface area (Å²) in [4.78, 5) is 4.50. The molecule has 0 spiro atoms. The Morgan fingerprint density at radius 2 is 2.08 bits per heavy atom. The van der Waals surface area contributed by atoms with Crippen molar-refractivity contribution in [3.8, 4) is 0 Å². The largest absolute Gasteiger partial charge is 0.573 e. The van der Waals surface area contributed by atoms with E-state index < -0.39 is 29.9 Å². The number of aryl methyl sites for hydroxylation is 1. The minimum Gasteiger partial charge on any atom is -0.573 e. The zero-order valence-electron chi connectivity index (χ0n) is 16.0. The quantitative estimate of drug-likeness (QED) is 0.525. The first kappa shape index (κ1) is 20.2. The summed E-state index contributed by atoms with van der Waals surface area (Å²) in [5.41, 5.74) is 0.714. The fourth-order valence-corrected chi connectivity index (χ4v) is 5.24. The van der Waals surface area contributed by atoms with Crippen molar-refractivity contribution in [1.82, 2.24) is 13.3 Å². The van der Waals surface area contributed by atoms with Crippen LogP contribution in [0.15, 0.2) is 17.0 Å². The molecular formula is C16H25BBrN3O4S. The highest BCUT2D eigenvalue weighted by atomic mass is 79.9. The van der Waals surface area contributed by atoms with Gasteiger partial charge in [0.05, 0.1) is 29.8 Å². The predicted molar refractivity (Wildman–Crippen MR) is 105 cm³/mol. The molecule has 3 unspecified atom stereocenters. The second kappa shape index (κ2) is 7.14. The lowest BCUT2D eigenvalue weighted by Gasteiger charge is -2.39. The highest BCUT2D eigenvalue weighted by molar-refractivity contribution is 9.10. The van der Waals surface area contributed by atoms with E-state index in [0.717, 1.165) is 11.4 Å². The summed E-state index contributed by atoms with van der Waals surface area (Å²) in [6.45, 7) is 8.51. The van der Waals surface area contributed by atoms with Crippen molar-refractivity contribution in [3.05, 3.63) is 28.4 Å². The number of fused-ring (bicyclic) bond motifs is 2. The summed E-state index contributed by atoms with van der Waals surface area (Å²) in [6, 6.07) is 0. The van der Waals surface area contributed by atoms with Crippen LogP contribution in [0.2, 0.25) is 0 Å². The van der Waals surface area contributed by atoms with Gasteiger partial charge in [-0.15, -0.1) is 8.28 Å². The van der Waals surface area contributed by atoms with Crippen molar-refractivity contribution >= 4 is 34.6 Å². The van der Waals surface area contributed by atoms with Crippen molar-refractivity contribution in [2.45, 2.75) is 51.2 Å². The molecule has 26 heavy (non-hydrogen) atoms. The molecular weight excluding hydrogens is 421 g/mol. The van der Waals surface area contributed by atoms with Crippen molar-refractivity contribution in [1.29, 1.82) is 0 Å². The summed E-state index contributed by atoms with van der Waals surface area (Å²) >= 11 is 2.06. The number of nitrogens with zero attached hydrogens (tertiary/aromatic N) is 3. The Labute approximate surface area is 166 Å². The number of rotatable bonds is 3. The summed E-state index contributed by atoms with van der Waals surface area (Å²) in [5.74, 6) is 1.72. The molecule has 2 bridgehead atoms. The predicted octanol–water partition coefficient (Wildman–Crippen LogP) is 2.57. The van der Waals surface area contributed by atoms with Gasteiger partial charge >= 0.3 is 7.12 Å². The van der Waals surface area contributed by atoms with Crippen molar-refractivity contribution in [2.24, 2.45) is 0 Å². The van der Waals surface area contributed by atoms with Crippen LogP contribution in [0.1, 0.15) is 44.5 Å². The van der Waals surface area contributed by atoms with Crippen LogP contribution in [0.4, 0.5) is 0 Å². The van der Waals surface area contributed by atoms with Gasteiger partial charge in [-0.3, -0.25) is 0 Å². The average molecular weight is 446 g/mol. The molecule has 0 N–H and O–H groups in total. The number of aromatic nitrogens is 2. The Balaban J connectivity index is 2.04. The lowest BCUT2D eigenvalue weighted by atomic mass is 9.79. The molecule has 1 fully saturated rings. The minimum atomic E-state index is -1.39. The zero-order chi connectivity index (χ0) is 19.3. The molecule has 7 nitrogen and oxygen atoms in total. The highest BCUT2D eigenvalue weighted by Gasteiger charge is 2.55. The van der Waals surface area contributed by atoms with E-state index in [0.29, 0.717) is 17.8 Å². The lowest BCUT2D eigenvalue weighted by Crippen LogP contribution is -2.46. The maximum atomic E-state index is 12.8. The van der Waals surface area contributed by atoms with Gasteiger partial charge in [0.1, 0.15) is 5.69 Å².